The maximum Gasteiger partial charge on any atom is 0.254 e. The number of rotatable bonds is 5. The fourth-order valence-corrected chi connectivity index (χ4v) is 5.03. The van der Waals surface area contributed by atoms with Gasteiger partial charge in [0.2, 0.25) is 11.7 Å². The van der Waals surface area contributed by atoms with Gasteiger partial charge >= 0.3 is 0 Å². The van der Waals surface area contributed by atoms with E-state index in [1.54, 1.807) is 33.5 Å². The van der Waals surface area contributed by atoms with Crippen LogP contribution in [-0.2, 0) is 11.2 Å². The van der Waals surface area contributed by atoms with Gasteiger partial charge in [-0.2, -0.15) is 0 Å². The predicted octanol–water partition coefficient (Wildman–Crippen LogP) is 1.75. The Morgan fingerprint density at radius 3 is 2.44 bits per heavy atom. The quantitative estimate of drug-likeness (QED) is 0.695. The minimum Gasteiger partial charge on any atom is -0.493 e. The molecule has 32 heavy (non-hydrogen) atoms. The van der Waals surface area contributed by atoms with Crippen LogP contribution in [0, 0.1) is 5.92 Å². The number of aromatic nitrogens is 2. The normalized spacial score (nSPS) is 21.8. The van der Waals surface area contributed by atoms with Crippen molar-refractivity contribution in [1.29, 1.82) is 0 Å². The Labute approximate surface area is 187 Å². The highest BCUT2D eigenvalue weighted by Crippen LogP contribution is 2.44. The van der Waals surface area contributed by atoms with Crippen molar-refractivity contribution in [3.63, 3.8) is 0 Å². The van der Waals surface area contributed by atoms with Crippen LogP contribution in [0.1, 0.15) is 27.5 Å². The van der Waals surface area contributed by atoms with E-state index in [-0.39, 0.29) is 11.8 Å². The molecule has 1 aliphatic carbocycles. The van der Waals surface area contributed by atoms with Crippen molar-refractivity contribution in [1.82, 2.24) is 14.9 Å². The summed E-state index contributed by atoms with van der Waals surface area (Å²) in [5.74, 6) is 2.76. The Kier molecular flexibility index (Phi) is 5.50. The molecule has 9 nitrogen and oxygen atoms in total. The van der Waals surface area contributed by atoms with Crippen molar-refractivity contribution in [3.05, 3.63) is 35.2 Å². The Bertz CT molecular complexity index is 998. The van der Waals surface area contributed by atoms with Crippen LogP contribution in [0.3, 0.4) is 0 Å². The highest BCUT2D eigenvalue weighted by Gasteiger charge is 2.43. The zero-order chi connectivity index (χ0) is 22.2. The third kappa shape index (κ3) is 3.50. The molecule has 2 aliphatic heterocycles. The van der Waals surface area contributed by atoms with Crippen molar-refractivity contribution in [3.8, 4) is 17.2 Å². The summed E-state index contributed by atoms with van der Waals surface area (Å²) in [6, 6.07) is 3.43. The van der Waals surface area contributed by atoms with Gasteiger partial charge in [0.05, 0.1) is 40.2 Å². The topological polar surface area (TPSA) is 86.3 Å². The summed E-state index contributed by atoms with van der Waals surface area (Å²) in [6.45, 7) is 4.35. The smallest absolute Gasteiger partial charge is 0.254 e. The minimum absolute atomic E-state index is 0.0392. The maximum atomic E-state index is 13.4. The SMILES string of the molecule is COc1cc(C(=O)N2C[C@H]3Cc4cnc(N5CCOCC5)nc4[C@H]3C2)cc(OC)c1OC. The summed E-state index contributed by atoms with van der Waals surface area (Å²) < 4.78 is 21.7. The Balaban J connectivity index is 1.37. The molecular formula is C23H28N4O5. The van der Waals surface area contributed by atoms with Crippen LogP contribution in [0.15, 0.2) is 18.3 Å². The molecule has 2 aromatic rings. The molecule has 2 atom stereocenters. The molecular weight excluding hydrogens is 412 g/mol. The second kappa shape index (κ2) is 8.46. The molecule has 0 unspecified atom stereocenters. The monoisotopic (exact) mass is 440 g/mol. The van der Waals surface area contributed by atoms with Gasteiger partial charge in [0, 0.05) is 43.9 Å². The molecule has 9 heteroatoms. The number of carbonyl (C=O) groups is 1. The van der Waals surface area contributed by atoms with Gasteiger partial charge in [-0.3, -0.25) is 4.79 Å². The van der Waals surface area contributed by atoms with Crippen LogP contribution in [0.2, 0.25) is 0 Å². The van der Waals surface area contributed by atoms with Crippen molar-refractivity contribution in [2.24, 2.45) is 5.92 Å². The Hall–Kier alpha value is -3.07. The summed E-state index contributed by atoms with van der Waals surface area (Å²) >= 11 is 0. The molecule has 0 bridgehead atoms. The van der Waals surface area contributed by atoms with Gasteiger partial charge in [0.15, 0.2) is 11.5 Å². The van der Waals surface area contributed by atoms with Gasteiger partial charge in [-0.15, -0.1) is 0 Å². The van der Waals surface area contributed by atoms with Gasteiger partial charge in [-0.1, -0.05) is 0 Å². The zero-order valence-corrected chi connectivity index (χ0v) is 18.7. The summed E-state index contributed by atoms with van der Waals surface area (Å²) in [6.07, 6.45) is 2.87. The lowest BCUT2D eigenvalue weighted by molar-refractivity contribution is 0.0784. The summed E-state index contributed by atoms with van der Waals surface area (Å²) in [4.78, 5) is 27.0. The van der Waals surface area contributed by atoms with E-state index < -0.39 is 0 Å². The average Bonchev–Trinajstić information content (AvgIpc) is 3.41. The lowest BCUT2D eigenvalue weighted by atomic mass is 9.99. The number of likely N-dealkylation sites (tertiary alicyclic amines) is 1. The van der Waals surface area contributed by atoms with E-state index >= 15 is 0 Å². The number of fused-ring (bicyclic) bond motifs is 3. The fourth-order valence-electron chi connectivity index (χ4n) is 5.03. The van der Waals surface area contributed by atoms with Crippen molar-refractivity contribution < 1.29 is 23.7 Å². The van der Waals surface area contributed by atoms with Crippen LogP contribution in [0.4, 0.5) is 5.95 Å². The summed E-state index contributed by atoms with van der Waals surface area (Å²) in [5.41, 5.74) is 2.82. The third-order valence-electron chi connectivity index (χ3n) is 6.65. The maximum absolute atomic E-state index is 13.4. The van der Waals surface area contributed by atoms with Crippen LogP contribution < -0.4 is 19.1 Å². The number of benzene rings is 1. The first-order chi connectivity index (χ1) is 15.6. The lowest BCUT2D eigenvalue weighted by Crippen LogP contribution is -2.37. The molecule has 170 valence electrons. The van der Waals surface area contributed by atoms with Gasteiger partial charge in [0.1, 0.15) is 0 Å². The first kappa shape index (κ1) is 20.8. The largest absolute Gasteiger partial charge is 0.493 e. The lowest BCUT2D eigenvalue weighted by Gasteiger charge is -2.27. The standard InChI is InChI=1S/C23H28N4O5/c1-29-18-9-14(10-19(30-2)21(18)31-3)22(28)27-12-16-8-15-11-24-23(25-20(15)17(16)13-27)26-4-6-32-7-5-26/h9-11,16-17H,4-8,12-13H2,1-3H3/t16-,17+/m1/s1. The molecule has 3 heterocycles. The average molecular weight is 441 g/mol. The molecule has 0 N–H and O–H groups in total. The van der Waals surface area contributed by atoms with Gasteiger partial charge in [0.25, 0.3) is 5.91 Å². The third-order valence-corrected chi connectivity index (χ3v) is 6.65. The van der Waals surface area contributed by atoms with Gasteiger partial charge < -0.3 is 28.7 Å². The predicted molar refractivity (Wildman–Crippen MR) is 117 cm³/mol. The van der Waals surface area contributed by atoms with E-state index in [9.17, 15) is 4.79 Å². The molecule has 2 fully saturated rings. The molecule has 1 aromatic carbocycles. The highest BCUT2D eigenvalue weighted by molar-refractivity contribution is 5.96. The van der Waals surface area contributed by atoms with Gasteiger partial charge in [-0.25, -0.2) is 9.97 Å². The Morgan fingerprint density at radius 2 is 1.78 bits per heavy atom. The van der Waals surface area contributed by atoms with E-state index in [2.05, 4.69) is 9.88 Å². The van der Waals surface area contributed by atoms with Crippen molar-refractivity contribution in [2.45, 2.75) is 12.3 Å². The van der Waals surface area contributed by atoms with Crippen molar-refractivity contribution in [2.75, 3.05) is 65.6 Å². The Morgan fingerprint density at radius 1 is 1.06 bits per heavy atom. The number of hydrogen-bond donors (Lipinski definition) is 0. The number of ether oxygens (including phenoxy) is 4. The van der Waals surface area contributed by atoms with E-state index in [1.165, 1.54) is 5.56 Å². The minimum atomic E-state index is -0.0392. The number of carbonyl (C=O) groups excluding carboxylic acids is 1. The van der Waals surface area contributed by atoms with E-state index in [1.807, 2.05) is 11.1 Å². The number of anilines is 1. The first-order valence-corrected chi connectivity index (χ1v) is 10.9. The van der Waals surface area contributed by atoms with E-state index in [0.29, 0.717) is 55.0 Å². The fraction of sp³-hybridized carbons (Fsp3) is 0.522. The molecule has 2 saturated heterocycles. The van der Waals surface area contributed by atoms with Crippen LogP contribution in [0.25, 0.3) is 0 Å². The molecule has 3 aliphatic rings. The van der Waals surface area contributed by atoms with Crippen LogP contribution in [0.5, 0.6) is 17.2 Å². The molecule has 1 amide bonds. The number of methoxy groups -OCH3 is 3. The number of amides is 1. The molecule has 5 rings (SSSR count). The van der Waals surface area contributed by atoms with E-state index in [4.69, 9.17) is 23.9 Å². The first-order valence-electron chi connectivity index (χ1n) is 10.9. The second-order valence-corrected chi connectivity index (χ2v) is 8.37. The van der Waals surface area contributed by atoms with Crippen LogP contribution in [-0.4, -0.2) is 81.5 Å². The number of nitrogens with zero attached hydrogens (tertiary/aromatic N) is 4. The molecule has 0 spiro atoms. The summed E-state index contributed by atoms with van der Waals surface area (Å²) in [7, 11) is 4.65. The number of morpholine rings is 1. The van der Waals surface area contributed by atoms with Gasteiger partial charge in [-0.05, 0) is 30.0 Å². The van der Waals surface area contributed by atoms with E-state index in [0.717, 1.165) is 31.2 Å². The summed E-state index contributed by atoms with van der Waals surface area (Å²) in [5, 5.41) is 0. The molecule has 0 saturated carbocycles. The second-order valence-electron chi connectivity index (χ2n) is 8.37. The molecule has 0 radical (unpaired) electrons. The molecule has 1 aromatic heterocycles. The van der Waals surface area contributed by atoms with Crippen LogP contribution >= 0.6 is 0 Å². The number of hydrogen-bond acceptors (Lipinski definition) is 8. The van der Waals surface area contributed by atoms with Crippen molar-refractivity contribution >= 4 is 11.9 Å². The highest BCUT2D eigenvalue weighted by atomic mass is 16.5. The zero-order valence-electron chi connectivity index (χ0n) is 18.7.